The molecule has 0 spiro atoms. The van der Waals surface area contributed by atoms with E-state index in [2.05, 4.69) is 10.3 Å². The fourth-order valence-corrected chi connectivity index (χ4v) is 3.54. The van der Waals surface area contributed by atoms with Crippen molar-refractivity contribution in [3.05, 3.63) is 35.4 Å². The predicted molar refractivity (Wildman–Crippen MR) is 101 cm³/mol. The zero-order valence-electron chi connectivity index (χ0n) is 16.5. The normalized spacial score (nSPS) is 26.2. The molecule has 5 atom stereocenters. The number of rotatable bonds is 6. The number of hydrogen-bond donors (Lipinski definition) is 5. The van der Waals surface area contributed by atoms with Crippen LogP contribution in [0.25, 0.3) is 0 Å². The first-order chi connectivity index (χ1) is 14.5. The molecule has 2 aliphatic heterocycles. The van der Waals surface area contributed by atoms with E-state index in [-0.39, 0.29) is 31.3 Å². The summed E-state index contributed by atoms with van der Waals surface area (Å²) in [6, 6.07) is 2.46. The van der Waals surface area contributed by atoms with Crippen molar-refractivity contribution in [3.63, 3.8) is 0 Å². The van der Waals surface area contributed by atoms with Gasteiger partial charge in [-0.15, -0.1) is 0 Å². The number of aliphatic hydroxyl groups is 2. The quantitative estimate of drug-likeness (QED) is 0.366. The minimum Gasteiger partial charge on any atom is -0.455 e. The Kier molecular flexibility index (Phi) is 6.71. The second kappa shape index (κ2) is 8.96. The van der Waals surface area contributed by atoms with E-state index in [0.717, 1.165) is 29.3 Å². The Morgan fingerprint density at radius 3 is 2.58 bits per heavy atom. The maximum atomic E-state index is 12.7. The van der Waals surface area contributed by atoms with E-state index < -0.39 is 48.2 Å². The van der Waals surface area contributed by atoms with Gasteiger partial charge in [0.05, 0.1) is 36.5 Å². The zero-order chi connectivity index (χ0) is 22.9. The van der Waals surface area contributed by atoms with Gasteiger partial charge in [0.2, 0.25) is 5.96 Å². The van der Waals surface area contributed by atoms with E-state index in [9.17, 15) is 33.4 Å². The Hall–Kier alpha value is -2.45. The van der Waals surface area contributed by atoms with Gasteiger partial charge in [-0.25, -0.2) is 14.9 Å². The number of hydroxylamine groups is 2. The highest BCUT2D eigenvalue weighted by Crippen LogP contribution is 2.29. The Morgan fingerprint density at radius 1 is 1.39 bits per heavy atom. The number of nitrogens with two attached hydrogens (primary N) is 1. The summed E-state index contributed by atoms with van der Waals surface area (Å²) >= 11 is 0. The standard InChI is InChI=1S/C18H24F3N5O5/c1-9(28)13(31-16(29)10-2-4-11(5-3-10)18(19,20)21)6-25-8-23-12(7-27)14-15(25)26(30)17(22)24-14/h2-5,9,12-15,23,27-28,30H,6-8H2,1H3,(H2,22,24). The number of benzene rings is 1. The summed E-state index contributed by atoms with van der Waals surface area (Å²) in [5.74, 6) is -1.05. The molecule has 0 bridgehead atoms. The van der Waals surface area contributed by atoms with E-state index in [0.29, 0.717) is 0 Å². The lowest BCUT2D eigenvalue weighted by Crippen LogP contribution is -2.66. The number of aliphatic hydroxyl groups excluding tert-OH is 2. The van der Waals surface area contributed by atoms with Crippen molar-refractivity contribution in [2.24, 2.45) is 10.7 Å². The number of carbonyl (C=O) groups excluding carboxylic acids is 1. The molecule has 172 valence electrons. The number of ether oxygens (including phenoxy) is 1. The number of esters is 1. The molecule has 0 aliphatic carbocycles. The van der Waals surface area contributed by atoms with Crippen molar-refractivity contribution < 1.29 is 38.1 Å². The van der Waals surface area contributed by atoms with Gasteiger partial charge in [-0.05, 0) is 31.2 Å². The molecule has 0 aromatic heterocycles. The molecule has 31 heavy (non-hydrogen) atoms. The third-order valence-corrected chi connectivity index (χ3v) is 5.27. The third-order valence-electron chi connectivity index (χ3n) is 5.27. The maximum absolute atomic E-state index is 12.7. The maximum Gasteiger partial charge on any atom is 0.416 e. The minimum atomic E-state index is -4.53. The Bertz CT molecular complexity index is 820. The molecule has 0 radical (unpaired) electrons. The molecule has 10 nitrogen and oxygen atoms in total. The SMILES string of the molecule is CC(O)C(CN1CNC(CO)C2N=C(N)N(O)C21)OC(=O)c1ccc(C(F)(F)F)cc1. The highest BCUT2D eigenvalue weighted by Gasteiger charge is 2.47. The van der Waals surface area contributed by atoms with Crippen LogP contribution in [0.2, 0.25) is 0 Å². The van der Waals surface area contributed by atoms with E-state index in [1.807, 2.05) is 0 Å². The molecule has 13 heteroatoms. The van der Waals surface area contributed by atoms with Gasteiger partial charge >= 0.3 is 12.1 Å². The number of guanidine groups is 1. The first-order valence-corrected chi connectivity index (χ1v) is 9.49. The molecule has 1 saturated heterocycles. The van der Waals surface area contributed by atoms with Gasteiger partial charge in [0, 0.05) is 6.54 Å². The van der Waals surface area contributed by atoms with Crippen LogP contribution in [0.4, 0.5) is 13.2 Å². The number of fused-ring (bicyclic) bond motifs is 1. The van der Waals surface area contributed by atoms with E-state index >= 15 is 0 Å². The van der Waals surface area contributed by atoms with Crippen LogP contribution in [0.15, 0.2) is 29.3 Å². The average molecular weight is 447 g/mol. The fraction of sp³-hybridized carbons (Fsp3) is 0.556. The van der Waals surface area contributed by atoms with Gasteiger partial charge in [-0.2, -0.15) is 13.2 Å². The van der Waals surface area contributed by atoms with Gasteiger partial charge in [-0.1, -0.05) is 0 Å². The fourth-order valence-electron chi connectivity index (χ4n) is 3.54. The Morgan fingerprint density at radius 2 is 2.03 bits per heavy atom. The Labute approximate surface area is 175 Å². The molecule has 1 aromatic carbocycles. The van der Waals surface area contributed by atoms with Gasteiger partial charge in [0.25, 0.3) is 0 Å². The van der Waals surface area contributed by atoms with Crippen molar-refractivity contribution in [1.29, 1.82) is 0 Å². The molecule has 5 unspecified atom stereocenters. The third kappa shape index (κ3) is 4.91. The molecule has 0 saturated carbocycles. The van der Waals surface area contributed by atoms with Crippen molar-refractivity contribution >= 4 is 11.9 Å². The summed E-state index contributed by atoms with van der Waals surface area (Å²) in [5.41, 5.74) is 4.68. The van der Waals surface area contributed by atoms with Crippen molar-refractivity contribution in [2.45, 2.75) is 43.6 Å². The van der Waals surface area contributed by atoms with E-state index in [1.165, 1.54) is 6.92 Å². The molecule has 3 rings (SSSR count). The van der Waals surface area contributed by atoms with Gasteiger partial charge in [0.15, 0.2) is 0 Å². The number of aliphatic imine (C=N–C) groups is 1. The number of hydrogen-bond acceptors (Lipinski definition) is 10. The van der Waals surface area contributed by atoms with Crippen molar-refractivity contribution in [1.82, 2.24) is 15.3 Å². The van der Waals surface area contributed by atoms with Gasteiger partial charge < -0.3 is 20.7 Å². The van der Waals surface area contributed by atoms with Crippen LogP contribution in [0.5, 0.6) is 0 Å². The molecule has 0 amide bonds. The van der Waals surface area contributed by atoms with Crippen LogP contribution in [0, 0.1) is 0 Å². The zero-order valence-corrected chi connectivity index (χ0v) is 16.5. The summed E-state index contributed by atoms with van der Waals surface area (Å²) < 4.78 is 43.4. The van der Waals surface area contributed by atoms with Gasteiger partial charge in [0.1, 0.15) is 18.3 Å². The number of nitrogens with zero attached hydrogens (tertiary/aromatic N) is 3. The van der Waals surface area contributed by atoms with Crippen molar-refractivity contribution in [2.75, 3.05) is 19.8 Å². The number of halogens is 3. The van der Waals surface area contributed by atoms with E-state index in [4.69, 9.17) is 10.5 Å². The summed E-state index contributed by atoms with van der Waals surface area (Å²) in [6.45, 7) is 1.26. The smallest absolute Gasteiger partial charge is 0.416 e. The Balaban J connectivity index is 1.71. The molecule has 2 heterocycles. The first kappa shape index (κ1) is 23.2. The number of nitrogens with one attached hydrogen (secondary N) is 1. The number of carbonyl (C=O) groups is 1. The summed E-state index contributed by atoms with van der Waals surface area (Å²) in [6.07, 6.45) is -7.49. The highest BCUT2D eigenvalue weighted by atomic mass is 19.4. The van der Waals surface area contributed by atoms with Crippen LogP contribution in [0.3, 0.4) is 0 Å². The van der Waals surface area contributed by atoms with Crippen LogP contribution in [-0.2, 0) is 10.9 Å². The van der Waals surface area contributed by atoms with Gasteiger partial charge in [-0.3, -0.25) is 15.4 Å². The first-order valence-electron chi connectivity index (χ1n) is 9.49. The predicted octanol–water partition coefficient (Wildman–Crippen LogP) is -0.451. The average Bonchev–Trinajstić information content (AvgIpc) is 3.02. The van der Waals surface area contributed by atoms with E-state index in [1.54, 1.807) is 4.90 Å². The summed E-state index contributed by atoms with van der Waals surface area (Å²) in [7, 11) is 0. The molecule has 6 N–H and O–H groups in total. The minimum absolute atomic E-state index is 0.0454. The lowest BCUT2D eigenvalue weighted by atomic mass is 10.0. The van der Waals surface area contributed by atoms with Crippen molar-refractivity contribution in [3.8, 4) is 0 Å². The molecule has 1 fully saturated rings. The molecular weight excluding hydrogens is 423 g/mol. The van der Waals surface area contributed by atoms with Crippen LogP contribution < -0.4 is 11.1 Å². The summed E-state index contributed by atoms with van der Waals surface area (Å²) in [4.78, 5) is 18.2. The molecule has 2 aliphatic rings. The lowest BCUT2D eigenvalue weighted by Gasteiger charge is -2.43. The lowest BCUT2D eigenvalue weighted by molar-refractivity contribution is -0.139. The molecular formula is C18H24F3N5O5. The second-order valence-corrected chi connectivity index (χ2v) is 7.42. The topological polar surface area (TPSA) is 144 Å². The number of alkyl halides is 3. The monoisotopic (exact) mass is 447 g/mol. The molecule has 1 aromatic rings. The van der Waals surface area contributed by atoms with Crippen LogP contribution in [0.1, 0.15) is 22.8 Å². The van der Waals surface area contributed by atoms with Crippen LogP contribution >= 0.6 is 0 Å². The van der Waals surface area contributed by atoms with Crippen LogP contribution in [-0.4, -0.2) is 87.6 Å². The highest BCUT2D eigenvalue weighted by molar-refractivity contribution is 5.89. The summed E-state index contributed by atoms with van der Waals surface area (Å²) in [5, 5.41) is 33.6. The second-order valence-electron chi connectivity index (χ2n) is 7.42. The largest absolute Gasteiger partial charge is 0.455 e.